The van der Waals surface area contributed by atoms with Crippen LogP contribution in [0.2, 0.25) is 0 Å². The molecule has 7 heteroatoms. The van der Waals surface area contributed by atoms with Crippen LogP contribution in [0.3, 0.4) is 0 Å². The van der Waals surface area contributed by atoms with E-state index in [1.165, 1.54) is 6.07 Å². The summed E-state index contributed by atoms with van der Waals surface area (Å²) in [5.41, 5.74) is -1.34. The molecule has 0 amide bonds. The Balaban J connectivity index is 3.50. The third kappa shape index (κ3) is 2.44. The minimum atomic E-state index is -2.91. The molecule has 4 nitrogen and oxygen atoms in total. The normalized spacial score (nSPS) is 10.0. The number of carbonyl (C=O) groups excluding carboxylic acids is 1. The lowest BCUT2D eigenvalue weighted by atomic mass is 10.1. The van der Waals surface area contributed by atoms with Crippen molar-refractivity contribution < 1.29 is 18.3 Å². The van der Waals surface area contributed by atoms with Gasteiger partial charge in [-0.05, 0) is 28.7 Å². The number of rotatable bonds is 2. The summed E-state index contributed by atoms with van der Waals surface area (Å²) in [5.74, 6) is -0.834. The second-order valence-corrected chi connectivity index (χ2v) is 3.76. The lowest BCUT2D eigenvalue weighted by Crippen LogP contribution is -2.09. The second kappa shape index (κ2) is 5.16. The molecular weight excluding hydrogens is 333 g/mol. The van der Waals surface area contributed by atoms with E-state index in [1.807, 2.05) is 0 Å². The molecule has 0 aliphatic rings. The molecule has 0 spiro atoms. The number of hydrogen-bond acceptors (Lipinski definition) is 4. The molecule has 0 radical (unpaired) electrons. The monoisotopic (exact) mass is 338 g/mol. The number of methoxy groups -OCH3 is 1. The van der Waals surface area contributed by atoms with Gasteiger partial charge in [0.1, 0.15) is 15.5 Å². The molecule has 16 heavy (non-hydrogen) atoms. The first-order chi connectivity index (χ1) is 7.51. The molecule has 0 aliphatic heterocycles. The van der Waals surface area contributed by atoms with Gasteiger partial charge in [0, 0.05) is 0 Å². The van der Waals surface area contributed by atoms with Gasteiger partial charge in [0.2, 0.25) is 0 Å². The van der Waals surface area contributed by atoms with Crippen LogP contribution in [0.1, 0.15) is 28.0 Å². The fraction of sp³-hybridized carbons (Fsp3) is 0.222. The number of carbonyl (C=O) groups is 1. The van der Waals surface area contributed by atoms with E-state index in [9.17, 15) is 13.6 Å². The van der Waals surface area contributed by atoms with Crippen molar-refractivity contribution >= 4 is 28.6 Å². The molecule has 0 atom stereocenters. The van der Waals surface area contributed by atoms with Crippen molar-refractivity contribution in [2.24, 2.45) is 0 Å². The minimum absolute atomic E-state index is 0.195. The molecule has 1 aromatic rings. The Morgan fingerprint density at radius 2 is 2.31 bits per heavy atom. The molecule has 0 bridgehead atoms. The number of halogens is 3. The highest BCUT2D eigenvalue weighted by molar-refractivity contribution is 14.1. The number of ether oxygens (including phenoxy) is 1. The maximum Gasteiger partial charge on any atom is 0.339 e. The van der Waals surface area contributed by atoms with Crippen LogP contribution in [0.5, 0.6) is 0 Å². The van der Waals surface area contributed by atoms with E-state index in [1.54, 1.807) is 28.7 Å². The molecule has 0 N–H and O–H groups in total. The first-order valence-corrected chi connectivity index (χ1v) is 5.06. The zero-order chi connectivity index (χ0) is 12.3. The molecule has 84 valence electrons. The van der Waals surface area contributed by atoms with E-state index in [4.69, 9.17) is 5.26 Å². The number of nitrogens with zero attached hydrogens (tertiary/aromatic N) is 2. The van der Waals surface area contributed by atoms with Crippen LogP contribution in [0.4, 0.5) is 8.78 Å². The first-order valence-electron chi connectivity index (χ1n) is 3.98. The summed E-state index contributed by atoms with van der Waals surface area (Å²) in [7, 11) is 1.11. The van der Waals surface area contributed by atoms with E-state index in [0.29, 0.717) is 0 Å². The Morgan fingerprint density at radius 1 is 1.69 bits per heavy atom. The maximum atomic E-state index is 12.6. The number of nitriles is 1. The van der Waals surface area contributed by atoms with E-state index in [0.717, 1.165) is 7.11 Å². The molecular formula is C9H5F2IN2O2. The van der Waals surface area contributed by atoms with Crippen molar-refractivity contribution in [1.82, 2.24) is 4.98 Å². The van der Waals surface area contributed by atoms with Gasteiger partial charge >= 0.3 is 5.97 Å². The Hall–Kier alpha value is -1.30. The van der Waals surface area contributed by atoms with Crippen molar-refractivity contribution in [3.05, 3.63) is 26.6 Å². The SMILES string of the molecule is COC(=O)c1cc(I)nc(C(F)F)c1C#N. The number of pyridine rings is 1. The van der Waals surface area contributed by atoms with Gasteiger partial charge in [0.15, 0.2) is 0 Å². The molecule has 1 aromatic heterocycles. The number of esters is 1. The molecule has 0 unspecified atom stereocenters. The highest BCUT2D eigenvalue weighted by Crippen LogP contribution is 2.25. The first kappa shape index (κ1) is 12.8. The fourth-order valence-electron chi connectivity index (χ4n) is 1.08. The summed E-state index contributed by atoms with van der Waals surface area (Å²) in [4.78, 5) is 14.8. The lowest BCUT2D eigenvalue weighted by molar-refractivity contribution is 0.0599. The Morgan fingerprint density at radius 3 is 2.75 bits per heavy atom. The average Bonchev–Trinajstić information content (AvgIpc) is 2.26. The van der Waals surface area contributed by atoms with Crippen molar-refractivity contribution in [2.75, 3.05) is 7.11 Å². The predicted octanol–water partition coefficient (Wildman–Crippen LogP) is 2.28. The van der Waals surface area contributed by atoms with E-state index in [-0.39, 0.29) is 9.26 Å². The largest absolute Gasteiger partial charge is 0.465 e. The van der Waals surface area contributed by atoms with Crippen molar-refractivity contribution in [3.8, 4) is 6.07 Å². The highest BCUT2D eigenvalue weighted by Gasteiger charge is 2.23. The summed E-state index contributed by atoms with van der Waals surface area (Å²) in [6.45, 7) is 0. The van der Waals surface area contributed by atoms with Crippen molar-refractivity contribution in [1.29, 1.82) is 5.26 Å². The summed E-state index contributed by atoms with van der Waals surface area (Å²) >= 11 is 1.69. The van der Waals surface area contributed by atoms with Gasteiger partial charge in [-0.25, -0.2) is 18.6 Å². The van der Waals surface area contributed by atoms with Gasteiger partial charge in [-0.1, -0.05) is 0 Å². The van der Waals surface area contributed by atoms with Crippen LogP contribution < -0.4 is 0 Å². The van der Waals surface area contributed by atoms with E-state index in [2.05, 4.69) is 9.72 Å². The smallest absolute Gasteiger partial charge is 0.339 e. The lowest BCUT2D eigenvalue weighted by Gasteiger charge is -2.07. The summed E-state index contributed by atoms with van der Waals surface area (Å²) in [5, 5.41) is 8.75. The molecule has 0 saturated carbocycles. The van der Waals surface area contributed by atoms with Crippen LogP contribution in [-0.2, 0) is 4.74 Å². The zero-order valence-electron chi connectivity index (χ0n) is 8.00. The highest BCUT2D eigenvalue weighted by atomic mass is 127. The third-order valence-corrected chi connectivity index (χ3v) is 2.29. The van der Waals surface area contributed by atoms with Gasteiger partial charge in [0.05, 0.1) is 18.2 Å². The van der Waals surface area contributed by atoms with E-state index >= 15 is 0 Å². The average molecular weight is 338 g/mol. The van der Waals surface area contributed by atoms with Crippen molar-refractivity contribution in [3.63, 3.8) is 0 Å². The standard InChI is InChI=1S/C9H5F2IN2O2/c1-16-9(15)4-2-6(12)14-7(8(10)11)5(4)3-13/h2,8H,1H3. The number of alkyl halides is 2. The zero-order valence-corrected chi connectivity index (χ0v) is 10.2. The second-order valence-electron chi connectivity index (χ2n) is 2.66. The maximum absolute atomic E-state index is 12.6. The van der Waals surface area contributed by atoms with Crippen molar-refractivity contribution in [2.45, 2.75) is 6.43 Å². The molecule has 0 aliphatic carbocycles. The van der Waals surface area contributed by atoms with Gasteiger partial charge in [0.25, 0.3) is 6.43 Å². The van der Waals surface area contributed by atoms with Crippen LogP contribution in [0.15, 0.2) is 6.07 Å². The van der Waals surface area contributed by atoms with Crippen LogP contribution in [-0.4, -0.2) is 18.1 Å². The summed E-state index contributed by atoms with van der Waals surface area (Å²) < 4.78 is 29.7. The topological polar surface area (TPSA) is 63.0 Å². The molecule has 0 fully saturated rings. The Kier molecular flexibility index (Phi) is 4.12. The summed E-state index contributed by atoms with van der Waals surface area (Å²) in [6, 6.07) is 2.77. The van der Waals surface area contributed by atoms with E-state index < -0.39 is 23.7 Å². The van der Waals surface area contributed by atoms with Crippen LogP contribution in [0.25, 0.3) is 0 Å². The van der Waals surface area contributed by atoms with Gasteiger partial charge in [-0.2, -0.15) is 5.26 Å². The molecule has 0 aromatic carbocycles. The third-order valence-electron chi connectivity index (χ3n) is 1.74. The quantitative estimate of drug-likeness (QED) is 0.472. The molecule has 0 saturated heterocycles. The molecule has 1 rings (SSSR count). The van der Waals surface area contributed by atoms with Gasteiger partial charge < -0.3 is 4.74 Å². The summed E-state index contributed by atoms with van der Waals surface area (Å²) in [6.07, 6.45) is -2.91. The Labute approximate surface area is 103 Å². The fourth-order valence-corrected chi connectivity index (χ4v) is 1.65. The minimum Gasteiger partial charge on any atom is -0.465 e. The van der Waals surface area contributed by atoms with Gasteiger partial charge in [-0.15, -0.1) is 0 Å². The number of hydrogen-bond donors (Lipinski definition) is 0. The predicted molar refractivity (Wildman–Crippen MR) is 58.0 cm³/mol. The number of aromatic nitrogens is 1. The molecule has 1 heterocycles. The van der Waals surface area contributed by atoms with Crippen LogP contribution >= 0.6 is 22.6 Å². The van der Waals surface area contributed by atoms with Crippen LogP contribution in [0, 0.1) is 15.0 Å². The van der Waals surface area contributed by atoms with Gasteiger partial charge in [-0.3, -0.25) is 0 Å². The Bertz CT molecular complexity index is 471.